The first-order valence-electron chi connectivity index (χ1n) is 5.98. The van der Waals surface area contributed by atoms with Crippen LogP contribution in [0.25, 0.3) is 0 Å². The van der Waals surface area contributed by atoms with Gasteiger partial charge in [-0.1, -0.05) is 6.92 Å². The zero-order valence-corrected chi connectivity index (χ0v) is 11.4. The van der Waals surface area contributed by atoms with Gasteiger partial charge in [0, 0.05) is 12.1 Å². The summed E-state index contributed by atoms with van der Waals surface area (Å²) < 4.78 is 1.81. The molecule has 2 aromatic rings. The monoisotopic (exact) mass is 272 g/mol. The summed E-state index contributed by atoms with van der Waals surface area (Å²) >= 11 is 1.36. The van der Waals surface area contributed by atoms with Crippen LogP contribution in [-0.4, -0.2) is 5.91 Å². The molecule has 1 N–H and O–H groups in total. The molecule has 0 radical (unpaired) electrons. The Labute approximate surface area is 115 Å². The smallest absolute Gasteiger partial charge is 0.290 e. The molecule has 5 heteroatoms. The average Bonchev–Trinajstić information content (AvgIpc) is 2.86. The summed E-state index contributed by atoms with van der Waals surface area (Å²) in [6.45, 7) is 2.33. The molecule has 0 aromatic carbocycles. The minimum absolute atomic E-state index is 0.131. The van der Waals surface area contributed by atoms with Crippen LogP contribution >= 0.6 is 11.3 Å². The predicted octanol–water partition coefficient (Wildman–Crippen LogP) is 2.11. The molecular weight excluding hydrogens is 258 g/mol. The zero-order valence-electron chi connectivity index (χ0n) is 10.6. The molecule has 0 aliphatic carbocycles. The van der Waals surface area contributed by atoms with Gasteiger partial charge in [-0.25, -0.2) is 0 Å². The topological polar surface area (TPSA) is 56.8 Å². The van der Waals surface area contributed by atoms with E-state index in [2.05, 4.69) is 12.2 Å². The van der Waals surface area contributed by atoms with Crippen molar-refractivity contribution >= 4 is 22.2 Å². The van der Waals surface area contributed by atoms with Gasteiger partial charge in [0.05, 0.1) is 5.56 Å². The normalized spacial score (nSPS) is 9.89. The molecule has 19 heavy (non-hydrogen) atoms. The second-order valence-electron chi connectivity index (χ2n) is 4.06. The minimum atomic E-state index is -0.131. The van der Waals surface area contributed by atoms with Gasteiger partial charge in [0.15, 0.2) is 12.4 Å². The fraction of sp³-hybridized carbons (Fsp3) is 0.214. The third kappa shape index (κ3) is 3.39. The largest absolute Gasteiger partial charge is 0.311 e. The van der Waals surface area contributed by atoms with Crippen molar-refractivity contribution < 1.29 is 9.36 Å². The molecule has 0 unspecified atom stereocenters. The van der Waals surface area contributed by atoms with Gasteiger partial charge in [0.1, 0.15) is 11.1 Å². The van der Waals surface area contributed by atoms with E-state index in [-0.39, 0.29) is 12.5 Å². The molecule has 4 nitrogen and oxygen atoms in total. The maximum atomic E-state index is 11.9. The molecule has 96 valence electrons. The van der Waals surface area contributed by atoms with E-state index in [1.807, 2.05) is 35.2 Å². The zero-order chi connectivity index (χ0) is 13.7. The molecule has 0 aliphatic heterocycles. The fourth-order valence-corrected chi connectivity index (χ4v) is 2.41. The number of nitrogens with zero attached hydrogens (tertiary/aromatic N) is 2. The van der Waals surface area contributed by atoms with Gasteiger partial charge < -0.3 is 5.32 Å². The highest BCUT2D eigenvalue weighted by Crippen LogP contribution is 2.21. The number of rotatable bonds is 4. The van der Waals surface area contributed by atoms with Crippen molar-refractivity contribution in [2.24, 2.45) is 0 Å². The van der Waals surface area contributed by atoms with Crippen molar-refractivity contribution in [1.29, 1.82) is 5.26 Å². The van der Waals surface area contributed by atoms with Gasteiger partial charge in [-0.15, -0.1) is 11.3 Å². The fourth-order valence-electron chi connectivity index (χ4n) is 1.66. The highest BCUT2D eigenvalue weighted by atomic mass is 32.1. The van der Waals surface area contributed by atoms with Crippen molar-refractivity contribution in [3.05, 3.63) is 47.1 Å². The van der Waals surface area contributed by atoms with Gasteiger partial charge in [-0.3, -0.25) is 4.79 Å². The first-order valence-corrected chi connectivity index (χ1v) is 6.86. The van der Waals surface area contributed by atoms with Gasteiger partial charge in [0.25, 0.3) is 5.91 Å². The Morgan fingerprint density at radius 2 is 2.16 bits per heavy atom. The van der Waals surface area contributed by atoms with Crippen molar-refractivity contribution in [3.63, 3.8) is 0 Å². The van der Waals surface area contributed by atoms with Crippen molar-refractivity contribution in [2.45, 2.75) is 19.9 Å². The summed E-state index contributed by atoms with van der Waals surface area (Å²) in [7, 11) is 0. The number of carbonyl (C=O) groups is 1. The van der Waals surface area contributed by atoms with E-state index in [1.54, 1.807) is 11.4 Å². The number of aromatic nitrogens is 1. The molecule has 2 rings (SSSR count). The van der Waals surface area contributed by atoms with Crippen molar-refractivity contribution in [3.8, 4) is 6.07 Å². The van der Waals surface area contributed by atoms with Crippen molar-refractivity contribution in [1.82, 2.24) is 0 Å². The summed E-state index contributed by atoms with van der Waals surface area (Å²) in [6.07, 6.45) is 4.75. The van der Waals surface area contributed by atoms with Crippen LogP contribution < -0.4 is 9.88 Å². The van der Waals surface area contributed by atoms with E-state index >= 15 is 0 Å². The van der Waals surface area contributed by atoms with Crippen LogP contribution in [0.3, 0.4) is 0 Å². The Kier molecular flexibility index (Phi) is 4.26. The number of thiophene rings is 1. The quantitative estimate of drug-likeness (QED) is 0.867. The van der Waals surface area contributed by atoms with Crippen LogP contribution in [-0.2, 0) is 17.8 Å². The van der Waals surface area contributed by atoms with E-state index in [4.69, 9.17) is 5.26 Å². The number of nitriles is 1. The number of hydrogen-bond donors (Lipinski definition) is 1. The highest BCUT2D eigenvalue weighted by Gasteiger charge is 2.12. The molecule has 0 saturated carbocycles. The number of anilines is 1. The van der Waals surface area contributed by atoms with Crippen LogP contribution in [0, 0.1) is 11.3 Å². The van der Waals surface area contributed by atoms with E-state index in [1.165, 1.54) is 16.9 Å². The van der Waals surface area contributed by atoms with E-state index < -0.39 is 0 Å². The van der Waals surface area contributed by atoms with Crippen LogP contribution in [0.15, 0.2) is 36.0 Å². The Hall–Kier alpha value is -2.19. The molecule has 0 saturated heterocycles. The van der Waals surface area contributed by atoms with Crippen LogP contribution in [0.4, 0.5) is 5.00 Å². The van der Waals surface area contributed by atoms with E-state index in [9.17, 15) is 4.79 Å². The van der Waals surface area contributed by atoms with Gasteiger partial charge in [-0.05, 0) is 23.4 Å². The van der Waals surface area contributed by atoms with E-state index in [0.29, 0.717) is 10.6 Å². The van der Waals surface area contributed by atoms with E-state index in [0.717, 1.165) is 6.42 Å². The summed E-state index contributed by atoms with van der Waals surface area (Å²) in [4.78, 5) is 11.9. The summed E-state index contributed by atoms with van der Waals surface area (Å²) in [5.41, 5.74) is 1.74. The minimum Gasteiger partial charge on any atom is -0.311 e. The second-order valence-corrected chi connectivity index (χ2v) is 4.97. The maximum Gasteiger partial charge on any atom is 0.290 e. The average molecular weight is 272 g/mol. The maximum absolute atomic E-state index is 11.9. The number of pyridine rings is 1. The molecule has 0 spiro atoms. The van der Waals surface area contributed by atoms with Crippen LogP contribution in [0.1, 0.15) is 18.1 Å². The number of carbonyl (C=O) groups excluding carboxylic acids is 1. The SMILES string of the molecule is CCc1cc[n+](CC(=O)Nc2sccc2C#N)cc1. The standard InChI is InChI=1S/C14H13N3OS/c1-2-11-3-6-17(7-4-11)10-13(18)16-14-12(9-15)5-8-19-14/h3-8H,2,10H2,1H3/p+1. The Morgan fingerprint density at radius 3 is 2.79 bits per heavy atom. The van der Waals surface area contributed by atoms with Crippen LogP contribution in [0.2, 0.25) is 0 Å². The first-order chi connectivity index (χ1) is 9.22. The lowest BCUT2D eigenvalue weighted by Gasteiger charge is -2.01. The van der Waals surface area contributed by atoms with Crippen molar-refractivity contribution in [2.75, 3.05) is 5.32 Å². The molecule has 1 amide bonds. The molecule has 0 atom stereocenters. The summed E-state index contributed by atoms with van der Waals surface area (Å²) in [5.74, 6) is -0.131. The Balaban J connectivity index is 1.99. The third-order valence-corrected chi connectivity index (χ3v) is 3.56. The molecule has 2 aromatic heterocycles. The van der Waals surface area contributed by atoms with Gasteiger partial charge in [0.2, 0.25) is 6.54 Å². The highest BCUT2D eigenvalue weighted by molar-refractivity contribution is 7.14. The Morgan fingerprint density at radius 1 is 1.42 bits per heavy atom. The molecular formula is C14H14N3OS+. The summed E-state index contributed by atoms with van der Waals surface area (Å²) in [5, 5.41) is 14.0. The second kappa shape index (κ2) is 6.12. The lowest BCUT2D eigenvalue weighted by Crippen LogP contribution is -2.39. The molecule has 2 heterocycles. The molecule has 0 aliphatic rings. The van der Waals surface area contributed by atoms with Gasteiger partial charge in [-0.2, -0.15) is 9.83 Å². The lowest BCUT2D eigenvalue weighted by molar-refractivity contribution is -0.684. The van der Waals surface area contributed by atoms with Crippen LogP contribution in [0.5, 0.6) is 0 Å². The lowest BCUT2D eigenvalue weighted by atomic mass is 10.2. The number of hydrogen-bond acceptors (Lipinski definition) is 3. The predicted molar refractivity (Wildman–Crippen MR) is 73.7 cm³/mol. The third-order valence-electron chi connectivity index (χ3n) is 2.73. The number of amides is 1. The Bertz CT molecular complexity index is 610. The van der Waals surface area contributed by atoms with Gasteiger partial charge >= 0.3 is 0 Å². The molecule has 0 bridgehead atoms. The molecule has 0 fully saturated rings. The number of nitrogens with one attached hydrogen (secondary N) is 1. The summed E-state index contributed by atoms with van der Waals surface area (Å²) in [6, 6.07) is 7.74. The number of aryl methyl sites for hydroxylation is 1. The first kappa shape index (κ1) is 13.2.